The van der Waals surface area contributed by atoms with Crippen molar-refractivity contribution in [2.45, 2.75) is 6.92 Å². The molecule has 1 aromatic rings. The fourth-order valence-corrected chi connectivity index (χ4v) is 1.43. The summed E-state index contributed by atoms with van der Waals surface area (Å²) in [5.74, 6) is -1.76. The molecule has 0 fully saturated rings. The topological polar surface area (TPSA) is 147 Å². The Balaban J connectivity index is 2.39. The number of aryl methyl sites for hydroxylation is 1. The molecule has 1 aromatic heterocycles. The lowest BCUT2D eigenvalue weighted by molar-refractivity contribution is -0.122. The molecule has 3 amide bonds. The van der Waals surface area contributed by atoms with E-state index < -0.39 is 17.9 Å². The predicted molar refractivity (Wildman–Crippen MR) is 69.5 cm³/mol. The lowest BCUT2D eigenvalue weighted by Crippen LogP contribution is -2.32. The zero-order valence-electron chi connectivity index (χ0n) is 10.9. The maximum atomic E-state index is 11.5. The van der Waals surface area contributed by atoms with E-state index in [1.54, 1.807) is 6.92 Å². The second kappa shape index (κ2) is 7.14. The molecule has 9 heteroatoms. The number of carboxylic acid groups (broad SMARTS) is 1. The molecule has 0 unspecified atom stereocenters. The van der Waals surface area contributed by atoms with Gasteiger partial charge in [-0.2, -0.15) is 0 Å². The molecular formula is C11H16N4O5. The predicted octanol–water partition coefficient (Wildman–Crippen LogP) is -0.355. The molecule has 1 heterocycles. The van der Waals surface area contributed by atoms with Gasteiger partial charge in [-0.15, -0.1) is 0 Å². The Hall–Kier alpha value is -2.55. The summed E-state index contributed by atoms with van der Waals surface area (Å²) < 4.78 is 4.84. The molecule has 0 aromatic carbocycles. The highest BCUT2D eigenvalue weighted by molar-refractivity contribution is 5.99. The third-order valence-electron chi connectivity index (χ3n) is 2.19. The SMILES string of the molecule is Cc1cc(NC(=O)NCCOCC(N)=O)c(C(=O)O)[nH]1. The van der Waals surface area contributed by atoms with Gasteiger partial charge in [0.25, 0.3) is 0 Å². The molecule has 110 valence electrons. The highest BCUT2D eigenvalue weighted by Gasteiger charge is 2.14. The molecule has 6 N–H and O–H groups in total. The standard InChI is InChI=1S/C11H16N4O5/c1-6-4-7(9(14-6)10(17)18)15-11(19)13-2-3-20-5-8(12)16/h4,14H,2-3,5H2,1H3,(H2,12,16)(H,17,18)(H2,13,15,19). The molecule has 0 saturated carbocycles. The molecule has 0 bridgehead atoms. The number of ether oxygens (including phenoxy) is 1. The smallest absolute Gasteiger partial charge is 0.354 e. The summed E-state index contributed by atoms with van der Waals surface area (Å²) in [5.41, 5.74) is 5.55. The van der Waals surface area contributed by atoms with Crippen LogP contribution in [0.4, 0.5) is 10.5 Å². The fourth-order valence-electron chi connectivity index (χ4n) is 1.43. The van der Waals surface area contributed by atoms with Gasteiger partial charge in [-0.1, -0.05) is 0 Å². The number of aromatic nitrogens is 1. The van der Waals surface area contributed by atoms with E-state index in [4.69, 9.17) is 15.6 Å². The lowest BCUT2D eigenvalue weighted by Gasteiger charge is -2.07. The number of aromatic carboxylic acids is 1. The molecule has 0 atom stereocenters. The van der Waals surface area contributed by atoms with Gasteiger partial charge in [0.05, 0.1) is 12.3 Å². The average Bonchev–Trinajstić information content (AvgIpc) is 2.69. The summed E-state index contributed by atoms with van der Waals surface area (Å²) in [6.45, 7) is 1.73. The van der Waals surface area contributed by atoms with Crippen molar-refractivity contribution in [2.75, 3.05) is 25.1 Å². The number of nitrogens with two attached hydrogens (primary N) is 1. The van der Waals surface area contributed by atoms with Crippen molar-refractivity contribution >= 4 is 23.6 Å². The average molecular weight is 284 g/mol. The number of carbonyl (C=O) groups excluding carboxylic acids is 2. The van der Waals surface area contributed by atoms with Crippen molar-refractivity contribution in [3.8, 4) is 0 Å². The van der Waals surface area contributed by atoms with Crippen molar-refractivity contribution in [1.82, 2.24) is 10.3 Å². The van der Waals surface area contributed by atoms with Gasteiger partial charge in [0, 0.05) is 12.2 Å². The van der Waals surface area contributed by atoms with E-state index >= 15 is 0 Å². The zero-order valence-corrected chi connectivity index (χ0v) is 10.9. The quantitative estimate of drug-likeness (QED) is 0.434. The number of rotatable bonds is 7. The number of amides is 3. The number of hydrogen-bond donors (Lipinski definition) is 5. The second-order valence-electron chi connectivity index (χ2n) is 3.95. The fraction of sp³-hybridized carbons (Fsp3) is 0.364. The van der Waals surface area contributed by atoms with Crippen molar-refractivity contribution in [3.63, 3.8) is 0 Å². The van der Waals surface area contributed by atoms with Gasteiger partial charge in [0.15, 0.2) is 0 Å². The van der Waals surface area contributed by atoms with Crippen LogP contribution in [-0.4, -0.2) is 47.8 Å². The number of hydrogen-bond acceptors (Lipinski definition) is 4. The summed E-state index contributed by atoms with van der Waals surface area (Å²) in [6, 6.07) is 0.932. The normalized spacial score (nSPS) is 10.1. The van der Waals surface area contributed by atoms with Crippen molar-refractivity contribution in [1.29, 1.82) is 0 Å². The molecule has 0 spiro atoms. The number of anilines is 1. The van der Waals surface area contributed by atoms with Crippen LogP contribution < -0.4 is 16.4 Å². The first-order valence-electron chi connectivity index (χ1n) is 5.74. The second-order valence-corrected chi connectivity index (χ2v) is 3.95. The zero-order chi connectivity index (χ0) is 15.1. The molecule has 9 nitrogen and oxygen atoms in total. The van der Waals surface area contributed by atoms with Crippen molar-refractivity contribution in [3.05, 3.63) is 17.5 Å². The third-order valence-corrected chi connectivity index (χ3v) is 2.19. The third kappa shape index (κ3) is 4.98. The minimum Gasteiger partial charge on any atom is -0.477 e. The van der Waals surface area contributed by atoms with Gasteiger partial charge in [-0.25, -0.2) is 9.59 Å². The summed E-state index contributed by atoms with van der Waals surface area (Å²) in [4.78, 5) is 35.4. The molecule has 0 radical (unpaired) electrons. The van der Waals surface area contributed by atoms with Crippen LogP contribution in [0.2, 0.25) is 0 Å². The van der Waals surface area contributed by atoms with Crippen LogP contribution in [0.5, 0.6) is 0 Å². The molecule has 20 heavy (non-hydrogen) atoms. The van der Waals surface area contributed by atoms with Gasteiger partial charge in [-0.3, -0.25) is 4.79 Å². The van der Waals surface area contributed by atoms with E-state index in [2.05, 4.69) is 15.6 Å². The molecule has 0 aliphatic rings. The number of carbonyl (C=O) groups is 3. The highest BCUT2D eigenvalue weighted by Crippen LogP contribution is 2.16. The van der Waals surface area contributed by atoms with Crippen LogP contribution in [0.3, 0.4) is 0 Å². The summed E-state index contributed by atoms with van der Waals surface area (Å²) in [5, 5.41) is 13.8. The van der Waals surface area contributed by atoms with E-state index in [1.807, 2.05) is 0 Å². The summed E-state index contributed by atoms with van der Waals surface area (Å²) >= 11 is 0. The molecule has 0 aliphatic heterocycles. The maximum absolute atomic E-state index is 11.5. The number of primary amides is 1. The van der Waals surface area contributed by atoms with E-state index in [-0.39, 0.29) is 31.1 Å². The maximum Gasteiger partial charge on any atom is 0.354 e. The Morgan fingerprint density at radius 1 is 1.45 bits per heavy atom. The lowest BCUT2D eigenvalue weighted by atomic mass is 10.3. The van der Waals surface area contributed by atoms with Crippen molar-refractivity contribution in [2.24, 2.45) is 5.73 Å². The Kier molecular flexibility index (Phi) is 5.54. The van der Waals surface area contributed by atoms with E-state index in [1.165, 1.54) is 6.07 Å². The van der Waals surface area contributed by atoms with Crippen LogP contribution in [0.25, 0.3) is 0 Å². The highest BCUT2D eigenvalue weighted by atomic mass is 16.5. The van der Waals surface area contributed by atoms with E-state index in [9.17, 15) is 14.4 Å². The number of aromatic amines is 1. The van der Waals surface area contributed by atoms with Gasteiger partial charge < -0.3 is 31.2 Å². The number of H-pyrrole nitrogens is 1. The van der Waals surface area contributed by atoms with Gasteiger partial charge in [-0.05, 0) is 13.0 Å². The Labute approximate surface area is 114 Å². The molecule has 0 aliphatic carbocycles. The van der Waals surface area contributed by atoms with Crippen LogP contribution in [0.1, 0.15) is 16.2 Å². The number of carboxylic acids is 1. The van der Waals surface area contributed by atoms with Crippen LogP contribution >= 0.6 is 0 Å². The Morgan fingerprint density at radius 2 is 2.15 bits per heavy atom. The first kappa shape index (κ1) is 15.5. The Bertz CT molecular complexity index is 511. The van der Waals surface area contributed by atoms with E-state index in [0.717, 1.165) is 0 Å². The Morgan fingerprint density at radius 3 is 2.75 bits per heavy atom. The summed E-state index contributed by atoms with van der Waals surface area (Å²) in [6.07, 6.45) is 0. The molecule has 1 rings (SSSR count). The van der Waals surface area contributed by atoms with Gasteiger partial charge >= 0.3 is 12.0 Å². The van der Waals surface area contributed by atoms with Crippen LogP contribution in [0.15, 0.2) is 6.07 Å². The molecule has 0 saturated heterocycles. The largest absolute Gasteiger partial charge is 0.477 e. The number of urea groups is 1. The first-order valence-corrected chi connectivity index (χ1v) is 5.74. The van der Waals surface area contributed by atoms with Gasteiger partial charge in [0.1, 0.15) is 12.3 Å². The van der Waals surface area contributed by atoms with E-state index in [0.29, 0.717) is 5.69 Å². The first-order chi connectivity index (χ1) is 9.40. The van der Waals surface area contributed by atoms with Gasteiger partial charge in [0.2, 0.25) is 5.91 Å². The minimum atomic E-state index is -1.17. The van der Waals surface area contributed by atoms with Crippen molar-refractivity contribution < 1.29 is 24.2 Å². The minimum absolute atomic E-state index is 0.0948. The molecular weight excluding hydrogens is 268 g/mol. The van der Waals surface area contributed by atoms with Crippen LogP contribution in [0, 0.1) is 6.92 Å². The van der Waals surface area contributed by atoms with Crippen LogP contribution in [-0.2, 0) is 9.53 Å². The number of nitrogens with one attached hydrogen (secondary N) is 3. The summed E-state index contributed by atoms with van der Waals surface area (Å²) in [7, 11) is 0. The monoisotopic (exact) mass is 284 g/mol.